The molecule has 2 rings (SSSR count). The number of piperidine rings is 1. The van der Waals surface area contributed by atoms with Gasteiger partial charge in [0.1, 0.15) is 0 Å². The van der Waals surface area contributed by atoms with E-state index < -0.39 is 0 Å². The molecule has 1 aliphatic rings. The number of hydrogen-bond acceptors (Lipinski definition) is 2. The fraction of sp³-hybridized carbons (Fsp3) is 0.625. The second kappa shape index (κ2) is 5.85. The summed E-state index contributed by atoms with van der Waals surface area (Å²) in [5, 5.41) is 7.22. The molecule has 0 radical (unpaired) electrons. The first kappa shape index (κ1) is 13.6. The van der Waals surface area contributed by atoms with Gasteiger partial charge < -0.3 is 10.6 Å². The zero-order valence-electron chi connectivity index (χ0n) is 11.9. The van der Waals surface area contributed by atoms with Crippen molar-refractivity contribution in [2.24, 2.45) is 5.41 Å². The highest BCUT2D eigenvalue weighted by molar-refractivity contribution is 5.22. The molecule has 0 spiro atoms. The van der Waals surface area contributed by atoms with Gasteiger partial charge in [-0.3, -0.25) is 0 Å². The molecule has 0 amide bonds. The van der Waals surface area contributed by atoms with E-state index in [0.29, 0.717) is 11.5 Å². The van der Waals surface area contributed by atoms with E-state index in [4.69, 9.17) is 0 Å². The largest absolute Gasteiger partial charge is 0.316 e. The zero-order chi connectivity index (χ0) is 13.0. The summed E-state index contributed by atoms with van der Waals surface area (Å²) in [5.74, 6) is 0. The highest BCUT2D eigenvalue weighted by Crippen LogP contribution is 2.24. The fourth-order valence-electron chi connectivity index (χ4n) is 2.81. The lowest BCUT2D eigenvalue weighted by Crippen LogP contribution is -2.53. The molecule has 18 heavy (non-hydrogen) atoms. The van der Waals surface area contributed by atoms with Gasteiger partial charge in [0.15, 0.2) is 0 Å². The smallest absolute Gasteiger partial charge is 0.0143 e. The lowest BCUT2D eigenvalue weighted by Gasteiger charge is -2.39. The normalized spacial score (nSPS) is 22.9. The Morgan fingerprint density at radius 1 is 1.39 bits per heavy atom. The van der Waals surface area contributed by atoms with Gasteiger partial charge in [0.05, 0.1) is 0 Å². The number of nitrogens with one attached hydrogen (secondary N) is 2. The predicted octanol–water partition coefficient (Wildman–Crippen LogP) is 2.52. The molecule has 2 heteroatoms. The molecule has 1 saturated heterocycles. The number of benzene rings is 1. The van der Waals surface area contributed by atoms with Crippen LogP contribution in [-0.4, -0.2) is 25.7 Å². The molecular formula is C16H26N2. The Morgan fingerprint density at radius 3 is 2.94 bits per heavy atom. The van der Waals surface area contributed by atoms with Crippen molar-refractivity contribution in [2.45, 2.75) is 39.7 Å². The number of rotatable bonds is 4. The van der Waals surface area contributed by atoms with E-state index in [1.54, 1.807) is 0 Å². The maximum Gasteiger partial charge on any atom is 0.0143 e. The van der Waals surface area contributed by atoms with Gasteiger partial charge in [-0.1, -0.05) is 43.7 Å². The summed E-state index contributed by atoms with van der Waals surface area (Å²) in [6.45, 7) is 10.2. The minimum Gasteiger partial charge on any atom is -0.316 e. The standard InChI is InChI=1S/C16H26N2/c1-13-5-4-6-14(11-13)7-10-18-15-8-9-17-12-16(15,2)3/h4-6,11,15,17-18H,7-10,12H2,1-3H3. The average molecular weight is 246 g/mol. The van der Waals surface area contributed by atoms with Crippen LogP contribution < -0.4 is 10.6 Å². The van der Waals surface area contributed by atoms with Crippen molar-refractivity contribution in [1.29, 1.82) is 0 Å². The Labute approximate surface area is 111 Å². The lowest BCUT2D eigenvalue weighted by molar-refractivity contribution is 0.186. The molecule has 0 bridgehead atoms. The van der Waals surface area contributed by atoms with Crippen molar-refractivity contribution < 1.29 is 0 Å². The Kier molecular flexibility index (Phi) is 4.41. The minimum absolute atomic E-state index is 0.366. The van der Waals surface area contributed by atoms with Gasteiger partial charge in [0.2, 0.25) is 0 Å². The van der Waals surface area contributed by atoms with Crippen LogP contribution in [0.5, 0.6) is 0 Å². The van der Waals surface area contributed by atoms with Crippen LogP contribution in [0.4, 0.5) is 0 Å². The topological polar surface area (TPSA) is 24.1 Å². The predicted molar refractivity (Wildman–Crippen MR) is 77.9 cm³/mol. The summed E-state index contributed by atoms with van der Waals surface area (Å²) in [6, 6.07) is 9.47. The quantitative estimate of drug-likeness (QED) is 0.853. The first-order valence-electron chi connectivity index (χ1n) is 7.07. The van der Waals surface area contributed by atoms with E-state index in [1.807, 2.05) is 0 Å². The second-order valence-electron chi connectivity index (χ2n) is 6.20. The van der Waals surface area contributed by atoms with E-state index in [0.717, 1.165) is 26.1 Å². The van der Waals surface area contributed by atoms with Gasteiger partial charge in [-0.25, -0.2) is 0 Å². The Morgan fingerprint density at radius 2 is 2.22 bits per heavy atom. The molecule has 2 nitrogen and oxygen atoms in total. The van der Waals surface area contributed by atoms with Gasteiger partial charge in [-0.2, -0.15) is 0 Å². The summed E-state index contributed by atoms with van der Waals surface area (Å²) in [6.07, 6.45) is 2.36. The van der Waals surface area contributed by atoms with E-state index in [2.05, 4.69) is 55.7 Å². The van der Waals surface area contributed by atoms with Crippen LogP contribution in [0.15, 0.2) is 24.3 Å². The third-order valence-electron chi connectivity index (χ3n) is 4.02. The van der Waals surface area contributed by atoms with Gasteiger partial charge in [0.25, 0.3) is 0 Å². The van der Waals surface area contributed by atoms with Crippen molar-refractivity contribution in [2.75, 3.05) is 19.6 Å². The van der Waals surface area contributed by atoms with E-state index in [-0.39, 0.29) is 0 Å². The van der Waals surface area contributed by atoms with Crippen LogP contribution >= 0.6 is 0 Å². The number of hydrogen-bond donors (Lipinski definition) is 2. The molecule has 1 atom stereocenters. The van der Waals surface area contributed by atoms with E-state index in [9.17, 15) is 0 Å². The summed E-state index contributed by atoms with van der Waals surface area (Å²) < 4.78 is 0. The summed E-state index contributed by atoms with van der Waals surface area (Å²) in [5.41, 5.74) is 3.16. The molecule has 0 aliphatic carbocycles. The lowest BCUT2D eigenvalue weighted by atomic mass is 9.80. The van der Waals surface area contributed by atoms with Crippen LogP contribution in [0.3, 0.4) is 0 Å². The first-order valence-corrected chi connectivity index (χ1v) is 7.07. The van der Waals surface area contributed by atoms with Gasteiger partial charge >= 0.3 is 0 Å². The summed E-state index contributed by atoms with van der Waals surface area (Å²) in [4.78, 5) is 0. The Bertz CT molecular complexity index is 384. The SMILES string of the molecule is Cc1cccc(CCNC2CCNCC2(C)C)c1. The molecule has 1 fully saturated rings. The summed E-state index contributed by atoms with van der Waals surface area (Å²) >= 11 is 0. The van der Waals surface area contributed by atoms with Crippen molar-refractivity contribution in [3.8, 4) is 0 Å². The third kappa shape index (κ3) is 3.56. The molecule has 1 heterocycles. The molecule has 100 valence electrons. The van der Waals surface area contributed by atoms with Gasteiger partial charge in [-0.05, 0) is 43.8 Å². The fourth-order valence-corrected chi connectivity index (χ4v) is 2.81. The van der Waals surface area contributed by atoms with Crippen molar-refractivity contribution in [1.82, 2.24) is 10.6 Å². The van der Waals surface area contributed by atoms with Crippen LogP contribution in [0.2, 0.25) is 0 Å². The molecule has 1 aromatic carbocycles. The van der Waals surface area contributed by atoms with E-state index >= 15 is 0 Å². The third-order valence-corrected chi connectivity index (χ3v) is 4.02. The Hall–Kier alpha value is -0.860. The minimum atomic E-state index is 0.366. The van der Waals surface area contributed by atoms with Crippen molar-refractivity contribution in [3.05, 3.63) is 35.4 Å². The molecule has 0 aromatic heterocycles. The van der Waals surface area contributed by atoms with Crippen LogP contribution in [-0.2, 0) is 6.42 Å². The molecule has 1 unspecified atom stereocenters. The average Bonchev–Trinajstić information content (AvgIpc) is 2.31. The van der Waals surface area contributed by atoms with Crippen molar-refractivity contribution >= 4 is 0 Å². The molecule has 1 aliphatic heterocycles. The molecule has 0 saturated carbocycles. The highest BCUT2D eigenvalue weighted by Gasteiger charge is 2.31. The molecule has 1 aromatic rings. The van der Waals surface area contributed by atoms with Crippen LogP contribution in [0.25, 0.3) is 0 Å². The maximum atomic E-state index is 3.74. The second-order valence-corrected chi connectivity index (χ2v) is 6.20. The molecule has 2 N–H and O–H groups in total. The first-order chi connectivity index (χ1) is 8.58. The Balaban J connectivity index is 1.81. The number of aryl methyl sites for hydroxylation is 1. The molecular weight excluding hydrogens is 220 g/mol. The van der Waals surface area contributed by atoms with Crippen molar-refractivity contribution in [3.63, 3.8) is 0 Å². The summed E-state index contributed by atoms with van der Waals surface area (Å²) in [7, 11) is 0. The van der Waals surface area contributed by atoms with Gasteiger partial charge in [0, 0.05) is 12.6 Å². The maximum absolute atomic E-state index is 3.74. The van der Waals surface area contributed by atoms with Crippen LogP contribution in [0, 0.1) is 12.3 Å². The zero-order valence-corrected chi connectivity index (χ0v) is 11.9. The van der Waals surface area contributed by atoms with Gasteiger partial charge in [-0.15, -0.1) is 0 Å². The van der Waals surface area contributed by atoms with E-state index in [1.165, 1.54) is 17.5 Å². The monoisotopic (exact) mass is 246 g/mol. The highest BCUT2D eigenvalue weighted by atomic mass is 15.0. The van der Waals surface area contributed by atoms with Crippen LogP contribution in [0.1, 0.15) is 31.4 Å².